The van der Waals surface area contributed by atoms with E-state index in [2.05, 4.69) is 10.3 Å². The molecule has 146 valence electrons. The van der Waals surface area contributed by atoms with Gasteiger partial charge in [-0.2, -0.15) is 0 Å². The molecule has 0 spiro atoms. The molecular weight excluding hydrogens is 432 g/mol. The molecule has 0 unspecified atom stereocenters. The topological polar surface area (TPSA) is 73.2 Å². The van der Waals surface area contributed by atoms with Crippen molar-refractivity contribution in [1.29, 1.82) is 0 Å². The number of aromatic nitrogens is 2. The van der Waals surface area contributed by atoms with E-state index in [4.69, 9.17) is 39.5 Å². The van der Waals surface area contributed by atoms with Crippen molar-refractivity contribution < 1.29 is 13.9 Å². The first kappa shape index (κ1) is 20.4. The molecule has 2 aromatic heterocycles. The second-order valence-electron chi connectivity index (χ2n) is 5.80. The van der Waals surface area contributed by atoms with Crippen LogP contribution in [0.15, 0.2) is 29.2 Å². The highest BCUT2D eigenvalue weighted by molar-refractivity contribution is 6.38. The van der Waals surface area contributed by atoms with Gasteiger partial charge in [-0.15, -0.1) is 0 Å². The Bertz CT molecular complexity index is 1140. The monoisotopic (exact) mass is 443 g/mol. The number of nitrogens with zero attached hydrogens (tertiary/aromatic N) is 2. The van der Waals surface area contributed by atoms with Gasteiger partial charge in [0.25, 0.3) is 5.91 Å². The number of hydrogen-bond acceptors (Lipinski definition) is 4. The summed E-state index contributed by atoms with van der Waals surface area (Å²) in [6.45, 7) is 1.31. The van der Waals surface area contributed by atoms with Crippen LogP contribution in [0, 0.1) is 12.7 Å². The minimum Gasteiger partial charge on any atom is -0.467 e. The number of carbonyl (C=O) groups is 1. The van der Waals surface area contributed by atoms with Gasteiger partial charge in [0.05, 0.1) is 32.5 Å². The van der Waals surface area contributed by atoms with Crippen LogP contribution >= 0.6 is 34.8 Å². The fourth-order valence-electron chi connectivity index (χ4n) is 2.76. The number of aryl methyl sites for hydroxylation is 1. The van der Waals surface area contributed by atoms with E-state index < -0.39 is 17.2 Å². The second kappa shape index (κ2) is 7.95. The van der Waals surface area contributed by atoms with Gasteiger partial charge < -0.3 is 14.6 Å². The van der Waals surface area contributed by atoms with Gasteiger partial charge in [-0.05, 0) is 19.1 Å². The number of pyridine rings is 2. The third-order valence-electron chi connectivity index (χ3n) is 3.96. The summed E-state index contributed by atoms with van der Waals surface area (Å²) in [5.41, 5.74) is 0.514. The van der Waals surface area contributed by atoms with Crippen LogP contribution in [0.2, 0.25) is 15.1 Å². The molecular formula is C18H13Cl3FN3O3. The number of benzene rings is 1. The van der Waals surface area contributed by atoms with E-state index in [0.29, 0.717) is 5.69 Å². The molecule has 2 heterocycles. The van der Waals surface area contributed by atoms with Crippen LogP contribution in [0.4, 0.5) is 4.39 Å². The molecule has 0 saturated carbocycles. The Kier molecular flexibility index (Phi) is 5.79. The molecule has 0 aliphatic rings. The Balaban J connectivity index is 2.37. The summed E-state index contributed by atoms with van der Waals surface area (Å²) in [6.07, 6.45) is 1.28. The molecule has 0 saturated heterocycles. The molecule has 1 amide bonds. The number of rotatable bonds is 4. The average molecular weight is 445 g/mol. The summed E-state index contributed by atoms with van der Waals surface area (Å²) in [6, 6.07) is 3.53. The number of hydrogen-bond donors (Lipinski definition) is 1. The van der Waals surface area contributed by atoms with Crippen LogP contribution in [-0.2, 0) is 4.79 Å². The fraction of sp³-hybridized carbons (Fsp3) is 0.167. The maximum Gasteiger partial charge on any atom is 0.257 e. The molecule has 0 aliphatic heterocycles. The van der Waals surface area contributed by atoms with Crippen molar-refractivity contribution in [2.45, 2.75) is 6.92 Å². The van der Waals surface area contributed by atoms with E-state index in [0.717, 1.165) is 12.1 Å². The maximum atomic E-state index is 13.6. The van der Waals surface area contributed by atoms with Crippen LogP contribution in [0.1, 0.15) is 5.69 Å². The molecule has 0 atom stereocenters. The standard InChI is InChI=1S/C18H13Cl3FN3O3/c1-8-3-13(26)15-17(12(21)6-24-18(15)28-7-14(27)23-2)25(8)16-10(19)4-9(22)5-11(16)20/h3-6H,7H2,1-2H3,(H,23,27). The van der Waals surface area contributed by atoms with Crippen molar-refractivity contribution in [2.24, 2.45) is 0 Å². The van der Waals surface area contributed by atoms with Gasteiger partial charge in [0.15, 0.2) is 12.0 Å². The molecule has 0 fully saturated rings. The van der Waals surface area contributed by atoms with E-state index in [1.807, 2.05) is 0 Å². The maximum absolute atomic E-state index is 13.6. The van der Waals surface area contributed by atoms with Crippen molar-refractivity contribution >= 4 is 51.6 Å². The normalized spacial score (nSPS) is 10.9. The predicted molar refractivity (Wildman–Crippen MR) is 107 cm³/mol. The van der Waals surface area contributed by atoms with Crippen molar-refractivity contribution in [1.82, 2.24) is 14.9 Å². The molecule has 0 aliphatic carbocycles. The van der Waals surface area contributed by atoms with Crippen LogP contribution in [0.25, 0.3) is 16.6 Å². The Labute approximate surface area is 173 Å². The molecule has 0 bridgehead atoms. The summed E-state index contributed by atoms with van der Waals surface area (Å²) >= 11 is 18.8. The number of halogens is 4. The minimum atomic E-state index is -0.607. The number of amides is 1. The molecule has 3 aromatic rings. The SMILES string of the molecule is CNC(=O)COc1ncc(Cl)c2c1c(=O)cc(C)n2-c1c(Cl)cc(F)cc1Cl. The molecule has 6 nitrogen and oxygen atoms in total. The lowest BCUT2D eigenvalue weighted by molar-refractivity contribution is -0.122. The summed E-state index contributed by atoms with van der Waals surface area (Å²) in [5, 5.41) is 2.62. The molecule has 1 aromatic carbocycles. The minimum absolute atomic E-state index is 0.0266. The van der Waals surface area contributed by atoms with Crippen LogP contribution < -0.4 is 15.5 Å². The fourth-order valence-corrected chi connectivity index (χ4v) is 3.61. The van der Waals surface area contributed by atoms with E-state index >= 15 is 0 Å². The Hall–Kier alpha value is -2.35. The van der Waals surface area contributed by atoms with Crippen LogP contribution in [0.3, 0.4) is 0 Å². The van der Waals surface area contributed by atoms with Crippen molar-refractivity contribution in [3.8, 4) is 11.6 Å². The number of nitrogens with one attached hydrogen (secondary N) is 1. The van der Waals surface area contributed by atoms with Crippen LogP contribution in [-0.4, -0.2) is 29.1 Å². The van der Waals surface area contributed by atoms with Gasteiger partial charge >= 0.3 is 0 Å². The van der Waals surface area contributed by atoms with Crippen molar-refractivity contribution in [3.63, 3.8) is 0 Å². The Morgan fingerprint density at radius 2 is 1.86 bits per heavy atom. The van der Waals surface area contributed by atoms with Crippen LogP contribution in [0.5, 0.6) is 5.88 Å². The van der Waals surface area contributed by atoms with Gasteiger partial charge in [-0.1, -0.05) is 34.8 Å². The highest BCUT2D eigenvalue weighted by atomic mass is 35.5. The zero-order chi connectivity index (χ0) is 20.6. The number of carbonyl (C=O) groups excluding carboxylic acids is 1. The Morgan fingerprint density at radius 1 is 1.21 bits per heavy atom. The van der Waals surface area contributed by atoms with Crippen molar-refractivity contribution in [3.05, 3.63) is 61.2 Å². The molecule has 1 N–H and O–H groups in total. The van der Waals surface area contributed by atoms with Gasteiger partial charge in [0, 0.05) is 18.8 Å². The number of fused-ring (bicyclic) bond motifs is 1. The second-order valence-corrected chi connectivity index (χ2v) is 7.02. The quantitative estimate of drug-likeness (QED) is 0.662. The largest absolute Gasteiger partial charge is 0.467 e. The van der Waals surface area contributed by atoms with Gasteiger partial charge in [0.1, 0.15) is 11.2 Å². The number of likely N-dealkylation sites (N-methyl/N-ethyl adjacent to an activating group) is 1. The van der Waals surface area contributed by atoms with Gasteiger partial charge in [0.2, 0.25) is 5.88 Å². The predicted octanol–water partition coefficient (Wildman–Crippen LogP) is 3.92. The van der Waals surface area contributed by atoms with E-state index in [-0.39, 0.29) is 44.1 Å². The average Bonchev–Trinajstić information content (AvgIpc) is 2.62. The third-order valence-corrected chi connectivity index (χ3v) is 4.81. The lowest BCUT2D eigenvalue weighted by Crippen LogP contribution is -2.25. The highest BCUT2D eigenvalue weighted by Gasteiger charge is 2.21. The van der Waals surface area contributed by atoms with Gasteiger partial charge in [-0.3, -0.25) is 9.59 Å². The summed E-state index contributed by atoms with van der Waals surface area (Å²) in [7, 11) is 1.45. The first-order chi connectivity index (χ1) is 13.2. The van der Waals surface area contributed by atoms with Gasteiger partial charge in [-0.25, -0.2) is 9.37 Å². The molecule has 3 rings (SSSR count). The zero-order valence-corrected chi connectivity index (χ0v) is 16.9. The summed E-state index contributed by atoms with van der Waals surface area (Å²) in [4.78, 5) is 28.2. The zero-order valence-electron chi connectivity index (χ0n) is 14.6. The molecule has 28 heavy (non-hydrogen) atoms. The van der Waals surface area contributed by atoms with E-state index in [1.54, 1.807) is 6.92 Å². The first-order valence-electron chi connectivity index (χ1n) is 7.93. The smallest absolute Gasteiger partial charge is 0.257 e. The van der Waals surface area contributed by atoms with E-state index in [1.165, 1.54) is 23.9 Å². The lowest BCUT2D eigenvalue weighted by atomic mass is 10.2. The summed E-state index contributed by atoms with van der Waals surface area (Å²) < 4.78 is 20.6. The van der Waals surface area contributed by atoms with E-state index in [9.17, 15) is 14.0 Å². The first-order valence-corrected chi connectivity index (χ1v) is 9.07. The molecule has 0 radical (unpaired) electrons. The number of ether oxygens (including phenoxy) is 1. The Morgan fingerprint density at radius 3 is 2.46 bits per heavy atom. The molecule has 10 heteroatoms. The third kappa shape index (κ3) is 3.65. The van der Waals surface area contributed by atoms with Crippen molar-refractivity contribution in [2.75, 3.05) is 13.7 Å². The summed E-state index contributed by atoms with van der Waals surface area (Å²) in [5.74, 6) is -1.08. The highest BCUT2D eigenvalue weighted by Crippen LogP contribution is 2.36. The lowest BCUT2D eigenvalue weighted by Gasteiger charge is -2.19.